The van der Waals surface area contributed by atoms with Crippen LogP contribution in [0.25, 0.3) is 0 Å². The van der Waals surface area contributed by atoms with Crippen molar-refractivity contribution in [3.05, 3.63) is 29.8 Å². The summed E-state index contributed by atoms with van der Waals surface area (Å²) in [5.41, 5.74) is 1.83. The van der Waals surface area contributed by atoms with Gasteiger partial charge in [-0.1, -0.05) is 29.5 Å². The highest BCUT2D eigenvalue weighted by Gasteiger charge is 2.18. The van der Waals surface area contributed by atoms with Gasteiger partial charge < -0.3 is 14.7 Å². The van der Waals surface area contributed by atoms with Gasteiger partial charge in [-0.05, 0) is 18.6 Å². The summed E-state index contributed by atoms with van der Waals surface area (Å²) in [5, 5.41) is 19.4. The molecule has 110 valence electrons. The molecule has 1 saturated heterocycles. The second kappa shape index (κ2) is 6.19. The third kappa shape index (κ3) is 3.20. The summed E-state index contributed by atoms with van der Waals surface area (Å²) in [4.78, 5) is 6.24. The average Bonchev–Trinajstić information content (AvgIpc) is 2.89. The Bertz CT molecular complexity index is 650. The third-order valence-corrected chi connectivity index (χ3v) is 4.22. The van der Waals surface area contributed by atoms with E-state index in [2.05, 4.69) is 20.1 Å². The topological polar surface area (TPSA) is 70.3 Å². The van der Waals surface area contributed by atoms with Crippen LogP contribution in [0.4, 0.5) is 15.8 Å². The summed E-state index contributed by atoms with van der Waals surface area (Å²) in [5.74, 6) is -0.0705. The molecule has 1 aromatic heterocycles. The number of hydrogen-bond donors (Lipinski definition) is 1. The van der Waals surface area contributed by atoms with Crippen molar-refractivity contribution >= 4 is 27.2 Å². The zero-order chi connectivity index (χ0) is 14.7. The molecule has 1 aliphatic rings. The summed E-state index contributed by atoms with van der Waals surface area (Å²) in [7, 11) is 0. The number of rotatable bonds is 3. The van der Waals surface area contributed by atoms with E-state index in [0.29, 0.717) is 18.2 Å². The first-order chi connectivity index (χ1) is 10.2. The molecule has 6 nitrogen and oxygen atoms in total. The number of thiazole rings is 1. The van der Waals surface area contributed by atoms with Crippen LogP contribution in [0.3, 0.4) is 0 Å². The molecule has 1 aliphatic heterocycles. The maximum atomic E-state index is 9.90. The van der Waals surface area contributed by atoms with E-state index < -0.39 is 0 Å². The first-order valence-corrected chi connectivity index (χ1v) is 7.55. The monoisotopic (exact) mass is 304 g/mol. The number of hydrogen-bond acceptors (Lipinski definition) is 7. The minimum absolute atomic E-state index is 0.0705. The van der Waals surface area contributed by atoms with Crippen molar-refractivity contribution in [1.29, 1.82) is 0 Å². The molecule has 0 spiro atoms. The number of aryl methyl sites for hydroxylation is 1. The van der Waals surface area contributed by atoms with E-state index in [-0.39, 0.29) is 5.88 Å². The van der Waals surface area contributed by atoms with Crippen LogP contribution in [0.2, 0.25) is 0 Å². The van der Waals surface area contributed by atoms with Crippen molar-refractivity contribution in [2.45, 2.75) is 6.92 Å². The van der Waals surface area contributed by atoms with Gasteiger partial charge in [-0.25, -0.2) is 0 Å². The summed E-state index contributed by atoms with van der Waals surface area (Å²) in [6, 6.07) is 7.72. The largest absolute Gasteiger partial charge is 0.491 e. The molecule has 0 atom stereocenters. The number of aromatic hydroxyl groups is 1. The van der Waals surface area contributed by atoms with E-state index in [1.165, 1.54) is 11.3 Å². The van der Waals surface area contributed by atoms with E-state index in [1.54, 1.807) is 0 Å². The van der Waals surface area contributed by atoms with Crippen LogP contribution in [0.15, 0.2) is 34.5 Å². The Balaban J connectivity index is 1.80. The van der Waals surface area contributed by atoms with Crippen LogP contribution < -0.4 is 4.90 Å². The third-order valence-electron chi connectivity index (χ3n) is 3.23. The lowest BCUT2D eigenvalue weighted by Crippen LogP contribution is -2.36. The normalized spacial score (nSPS) is 15.8. The minimum Gasteiger partial charge on any atom is -0.491 e. The van der Waals surface area contributed by atoms with Crippen molar-refractivity contribution in [3.8, 4) is 5.88 Å². The molecule has 2 heterocycles. The maximum Gasteiger partial charge on any atom is 0.252 e. The number of anilines is 1. The Hall–Kier alpha value is -1.99. The molecule has 0 saturated carbocycles. The summed E-state index contributed by atoms with van der Waals surface area (Å²) < 4.78 is 5.31. The molecule has 7 heteroatoms. The van der Waals surface area contributed by atoms with Crippen LogP contribution in [0.1, 0.15) is 5.56 Å². The molecule has 1 N–H and O–H groups in total. The fraction of sp³-hybridized carbons (Fsp3) is 0.357. The van der Waals surface area contributed by atoms with Gasteiger partial charge in [0.15, 0.2) is 5.13 Å². The van der Waals surface area contributed by atoms with Gasteiger partial charge in [-0.2, -0.15) is 4.98 Å². The lowest BCUT2D eigenvalue weighted by Gasteiger charge is -2.25. The minimum atomic E-state index is -0.0705. The van der Waals surface area contributed by atoms with Crippen molar-refractivity contribution in [1.82, 2.24) is 4.98 Å². The number of aromatic nitrogens is 1. The lowest BCUT2D eigenvalue weighted by atomic mass is 10.2. The fourth-order valence-electron chi connectivity index (χ4n) is 2.02. The fourth-order valence-corrected chi connectivity index (χ4v) is 2.86. The van der Waals surface area contributed by atoms with Gasteiger partial charge in [0.25, 0.3) is 5.88 Å². The Morgan fingerprint density at radius 2 is 2.00 bits per heavy atom. The van der Waals surface area contributed by atoms with Crippen LogP contribution in [0.5, 0.6) is 5.88 Å². The highest BCUT2D eigenvalue weighted by molar-refractivity contribution is 7.19. The van der Waals surface area contributed by atoms with Gasteiger partial charge in [-0.15, -0.1) is 10.2 Å². The highest BCUT2D eigenvalue weighted by atomic mass is 32.1. The average molecular weight is 304 g/mol. The number of morpholine rings is 1. The molecule has 0 radical (unpaired) electrons. The van der Waals surface area contributed by atoms with E-state index >= 15 is 0 Å². The molecule has 1 fully saturated rings. The van der Waals surface area contributed by atoms with E-state index in [0.717, 1.165) is 29.5 Å². The van der Waals surface area contributed by atoms with Gasteiger partial charge in [0.2, 0.25) is 5.00 Å². The molecule has 0 bridgehead atoms. The second-order valence-electron chi connectivity index (χ2n) is 4.71. The van der Waals surface area contributed by atoms with Crippen LogP contribution >= 0.6 is 11.3 Å². The molecule has 0 aliphatic carbocycles. The number of nitrogens with zero attached hydrogens (tertiary/aromatic N) is 4. The number of azo groups is 1. The Kier molecular flexibility index (Phi) is 4.12. The smallest absolute Gasteiger partial charge is 0.252 e. The molecule has 0 unspecified atom stereocenters. The van der Waals surface area contributed by atoms with E-state index in [4.69, 9.17) is 4.74 Å². The standard InChI is InChI=1S/C14H16N4O2S/c1-10-4-2-3-5-11(10)16-17-13-12(19)15-14(21-13)18-6-8-20-9-7-18/h2-5,19H,6-9H2,1H3. The number of ether oxygens (including phenoxy) is 1. The van der Waals surface area contributed by atoms with E-state index in [9.17, 15) is 5.11 Å². The quantitative estimate of drug-likeness (QED) is 0.882. The molecule has 21 heavy (non-hydrogen) atoms. The lowest BCUT2D eigenvalue weighted by molar-refractivity contribution is 0.122. The van der Waals surface area contributed by atoms with Gasteiger partial charge in [0.1, 0.15) is 0 Å². The zero-order valence-corrected chi connectivity index (χ0v) is 12.5. The van der Waals surface area contributed by atoms with Gasteiger partial charge >= 0.3 is 0 Å². The van der Waals surface area contributed by atoms with Crippen molar-refractivity contribution in [2.24, 2.45) is 10.2 Å². The Morgan fingerprint density at radius 3 is 2.76 bits per heavy atom. The molecule has 1 aromatic carbocycles. The van der Waals surface area contributed by atoms with E-state index in [1.807, 2.05) is 31.2 Å². The predicted molar refractivity (Wildman–Crippen MR) is 82.2 cm³/mol. The SMILES string of the molecule is Cc1ccccc1N=Nc1sc(N2CCOCC2)nc1O. The van der Waals surface area contributed by atoms with Gasteiger partial charge in [-0.3, -0.25) is 0 Å². The molecule has 0 amide bonds. The van der Waals surface area contributed by atoms with Crippen molar-refractivity contribution in [2.75, 3.05) is 31.2 Å². The summed E-state index contributed by atoms with van der Waals surface area (Å²) in [6.07, 6.45) is 0. The summed E-state index contributed by atoms with van der Waals surface area (Å²) in [6.45, 7) is 4.89. The first kappa shape index (κ1) is 14.0. The molecule has 2 aromatic rings. The van der Waals surface area contributed by atoms with Crippen LogP contribution in [-0.2, 0) is 4.74 Å². The highest BCUT2D eigenvalue weighted by Crippen LogP contribution is 2.39. The Labute approximate surface area is 126 Å². The summed E-state index contributed by atoms with van der Waals surface area (Å²) >= 11 is 1.34. The zero-order valence-electron chi connectivity index (χ0n) is 11.7. The first-order valence-electron chi connectivity index (χ1n) is 6.74. The molecular formula is C14H16N4O2S. The number of benzene rings is 1. The van der Waals surface area contributed by atoms with Crippen LogP contribution in [0, 0.1) is 6.92 Å². The molecule has 3 rings (SSSR count). The molecular weight excluding hydrogens is 288 g/mol. The predicted octanol–water partition coefficient (Wildman–Crippen LogP) is 3.41. The van der Waals surface area contributed by atoms with Crippen molar-refractivity contribution in [3.63, 3.8) is 0 Å². The van der Waals surface area contributed by atoms with Gasteiger partial charge in [0.05, 0.1) is 18.9 Å². The van der Waals surface area contributed by atoms with Crippen molar-refractivity contribution < 1.29 is 9.84 Å². The Morgan fingerprint density at radius 1 is 1.24 bits per heavy atom. The second-order valence-corrected chi connectivity index (χ2v) is 5.67. The maximum absolute atomic E-state index is 9.90. The van der Waals surface area contributed by atoms with Crippen LogP contribution in [-0.4, -0.2) is 36.4 Å². The van der Waals surface area contributed by atoms with Gasteiger partial charge in [0, 0.05) is 13.1 Å².